The SMILES string of the molecule is CNS(=O)(=O)c1cccc(S(=O)(=O)Nc2cc(C)cc(C)c2)c1. The van der Waals surface area contributed by atoms with Gasteiger partial charge in [-0.3, -0.25) is 4.72 Å². The highest BCUT2D eigenvalue weighted by Crippen LogP contribution is 2.21. The average molecular weight is 354 g/mol. The summed E-state index contributed by atoms with van der Waals surface area (Å²) < 4.78 is 53.2. The molecular weight excluding hydrogens is 336 g/mol. The van der Waals surface area contributed by atoms with Crippen molar-refractivity contribution in [3.63, 3.8) is 0 Å². The number of hydrogen-bond donors (Lipinski definition) is 2. The Hall–Kier alpha value is -1.90. The zero-order valence-electron chi connectivity index (χ0n) is 13.0. The first kappa shape index (κ1) is 17.5. The molecule has 23 heavy (non-hydrogen) atoms. The number of benzene rings is 2. The van der Waals surface area contributed by atoms with Crippen molar-refractivity contribution >= 4 is 25.7 Å². The van der Waals surface area contributed by atoms with E-state index < -0.39 is 20.0 Å². The third kappa shape index (κ3) is 4.10. The Morgan fingerprint density at radius 1 is 0.783 bits per heavy atom. The van der Waals surface area contributed by atoms with Crippen LogP contribution in [0, 0.1) is 13.8 Å². The molecule has 0 bridgehead atoms. The Bertz CT molecular complexity index is 915. The minimum Gasteiger partial charge on any atom is -0.280 e. The van der Waals surface area contributed by atoms with Crippen LogP contribution in [0.1, 0.15) is 11.1 Å². The van der Waals surface area contributed by atoms with Gasteiger partial charge in [-0.2, -0.15) is 0 Å². The molecule has 2 aromatic rings. The van der Waals surface area contributed by atoms with Crippen molar-refractivity contribution in [2.75, 3.05) is 11.8 Å². The third-order valence-electron chi connectivity index (χ3n) is 3.17. The van der Waals surface area contributed by atoms with Gasteiger partial charge in [-0.05, 0) is 62.4 Å². The van der Waals surface area contributed by atoms with Gasteiger partial charge in [-0.25, -0.2) is 21.6 Å². The van der Waals surface area contributed by atoms with Crippen LogP contribution in [-0.4, -0.2) is 23.9 Å². The Kier molecular flexibility index (Phi) is 4.79. The molecule has 124 valence electrons. The molecule has 0 radical (unpaired) electrons. The summed E-state index contributed by atoms with van der Waals surface area (Å²) in [6.45, 7) is 3.73. The quantitative estimate of drug-likeness (QED) is 0.859. The van der Waals surface area contributed by atoms with Crippen LogP contribution >= 0.6 is 0 Å². The van der Waals surface area contributed by atoms with Crippen LogP contribution in [-0.2, 0) is 20.0 Å². The number of rotatable bonds is 5. The summed E-state index contributed by atoms with van der Waals surface area (Å²) >= 11 is 0. The highest BCUT2D eigenvalue weighted by atomic mass is 32.2. The lowest BCUT2D eigenvalue weighted by molar-refractivity contribution is 0.588. The molecule has 0 spiro atoms. The lowest BCUT2D eigenvalue weighted by Crippen LogP contribution is -2.19. The van der Waals surface area contributed by atoms with Gasteiger partial charge in [0.2, 0.25) is 10.0 Å². The fraction of sp³-hybridized carbons (Fsp3) is 0.200. The van der Waals surface area contributed by atoms with E-state index in [-0.39, 0.29) is 9.79 Å². The van der Waals surface area contributed by atoms with Gasteiger partial charge in [0.1, 0.15) is 0 Å². The number of nitrogens with one attached hydrogen (secondary N) is 2. The van der Waals surface area contributed by atoms with Crippen molar-refractivity contribution in [1.29, 1.82) is 0 Å². The summed E-state index contributed by atoms with van der Waals surface area (Å²) in [7, 11) is -6.32. The number of anilines is 1. The van der Waals surface area contributed by atoms with Gasteiger partial charge in [-0.1, -0.05) is 12.1 Å². The molecule has 2 aromatic carbocycles. The molecule has 0 saturated heterocycles. The maximum atomic E-state index is 12.5. The van der Waals surface area contributed by atoms with Crippen LogP contribution in [0.15, 0.2) is 52.3 Å². The van der Waals surface area contributed by atoms with E-state index in [4.69, 9.17) is 0 Å². The lowest BCUT2D eigenvalue weighted by Gasteiger charge is -2.11. The standard InChI is InChI=1S/C15H18N2O4S2/c1-11-7-12(2)9-13(8-11)17-23(20,21)15-6-4-5-14(10-15)22(18,19)16-3/h4-10,16-17H,1-3H3. The summed E-state index contributed by atoms with van der Waals surface area (Å²) in [5.74, 6) is 0. The van der Waals surface area contributed by atoms with E-state index in [1.807, 2.05) is 19.9 Å². The Balaban J connectivity index is 2.42. The number of aryl methyl sites for hydroxylation is 2. The highest BCUT2D eigenvalue weighted by molar-refractivity contribution is 7.93. The summed E-state index contributed by atoms with van der Waals surface area (Å²) in [4.78, 5) is -0.226. The van der Waals surface area contributed by atoms with Crippen molar-refractivity contribution in [2.24, 2.45) is 0 Å². The molecule has 2 rings (SSSR count). The smallest absolute Gasteiger partial charge is 0.261 e. The molecule has 6 nitrogen and oxygen atoms in total. The number of sulfonamides is 2. The van der Waals surface area contributed by atoms with E-state index in [2.05, 4.69) is 9.44 Å². The third-order valence-corrected chi connectivity index (χ3v) is 5.96. The zero-order valence-corrected chi connectivity index (χ0v) is 14.6. The van der Waals surface area contributed by atoms with E-state index in [9.17, 15) is 16.8 Å². The maximum absolute atomic E-state index is 12.5. The molecule has 0 fully saturated rings. The molecule has 0 aliphatic heterocycles. The van der Waals surface area contributed by atoms with Gasteiger partial charge in [0.25, 0.3) is 10.0 Å². The van der Waals surface area contributed by atoms with Crippen LogP contribution in [0.3, 0.4) is 0 Å². The summed E-state index contributed by atoms with van der Waals surface area (Å²) in [5.41, 5.74) is 2.28. The van der Waals surface area contributed by atoms with Gasteiger partial charge in [-0.15, -0.1) is 0 Å². The van der Waals surface area contributed by atoms with Crippen molar-refractivity contribution < 1.29 is 16.8 Å². The lowest BCUT2D eigenvalue weighted by atomic mass is 10.1. The first-order valence-corrected chi connectivity index (χ1v) is 9.75. The molecule has 0 unspecified atom stereocenters. The molecule has 0 amide bonds. The summed E-state index contributed by atoms with van der Waals surface area (Å²) in [5, 5.41) is 0. The van der Waals surface area contributed by atoms with E-state index in [1.54, 1.807) is 12.1 Å². The molecule has 0 heterocycles. The second-order valence-corrected chi connectivity index (χ2v) is 8.73. The zero-order chi connectivity index (χ0) is 17.3. The minimum absolute atomic E-state index is 0.108. The Morgan fingerprint density at radius 3 is 1.83 bits per heavy atom. The molecule has 0 aliphatic rings. The van der Waals surface area contributed by atoms with Gasteiger partial charge >= 0.3 is 0 Å². The first-order valence-electron chi connectivity index (χ1n) is 6.79. The molecule has 2 N–H and O–H groups in total. The molecule has 0 aromatic heterocycles. The number of hydrogen-bond acceptors (Lipinski definition) is 4. The molecular formula is C15H18N2O4S2. The van der Waals surface area contributed by atoms with Gasteiger partial charge in [0.05, 0.1) is 9.79 Å². The topological polar surface area (TPSA) is 92.3 Å². The molecule has 8 heteroatoms. The van der Waals surface area contributed by atoms with E-state index in [0.29, 0.717) is 5.69 Å². The van der Waals surface area contributed by atoms with Crippen molar-refractivity contribution in [3.05, 3.63) is 53.6 Å². The van der Waals surface area contributed by atoms with E-state index >= 15 is 0 Å². The first-order chi connectivity index (χ1) is 10.6. The van der Waals surface area contributed by atoms with Crippen LogP contribution in [0.5, 0.6) is 0 Å². The second-order valence-electron chi connectivity index (χ2n) is 5.16. The highest BCUT2D eigenvalue weighted by Gasteiger charge is 2.18. The monoisotopic (exact) mass is 354 g/mol. The Morgan fingerprint density at radius 2 is 1.30 bits per heavy atom. The average Bonchev–Trinajstić information content (AvgIpc) is 2.46. The van der Waals surface area contributed by atoms with Gasteiger partial charge in [0.15, 0.2) is 0 Å². The van der Waals surface area contributed by atoms with Crippen LogP contribution in [0.25, 0.3) is 0 Å². The summed E-state index contributed by atoms with van der Waals surface area (Å²) in [6, 6.07) is 10.5. The fourth-order valence-electron chi connectivity index (χ4n) is 2.17. The van der Waals surface area contributed by atoms with E-state index in [0.717, 1.165) is 17.2 Å². The van der Waals surface area contributed by atoms with Crippen molar-refractivity contribution in [1.82, 2.24) is 4.72 Å². The predicted molar refractivity (Wildman–Crippen MR) is 89.4 cm³/mol. The second kappa shape index (κ2) is 6.31. The van der Waals surface area contributed by atoms with Crippen LogP contribution < -0.4 is 9.44 Å². The predicted octanol–water partition coefficient (Wildman–Crippen LogP) is 2.01. The van der Waals surface area contributed by atoms with Gasteiger partial charge < -0.3 is 0 Å². The summed E-state index contributed by atoms with van der Waals surface area (Å²) in [6.07, 6.45) is 0. The van der Waals surface area contributed by atoms with Gasteiger partial charge in [0, 0.05) is 5.69 Å². The maximum Gasteiger partial charge on any atom is 0.261 e. The largest absolute Gasteiger partial charge is 0.280 e. The molecule has 0 saturated carbocycles. The van der Waals surface area contributed by atoms with Crippen molar-refractivity contribution in [2.45, 2.75) is 23.6 Å². The Labute approximate surface area is 136 Å². The van der Waals surface area contributed by atoms with E-state index in [1.165, 1.54) is 25.2 Å². The fourth-order valence-corrected chi connectivity index (χ4v) is 4.11. The minimum atomic E-state index is -3.88. The molecule has 0 atom stereocenters. The van der Waals surface area contributed by atoms with Crippen molar-refractivity contribution in [3.8, 4) is 0 Å². The van der Waals surface area contributed by atoms with Crippen LogP contribution in [0.2, 0.25) is 0 Å². The normalized spacial score (nSPS) is 12.1. The van der Waals surface area contributed by atoms with Crippen LogP contribution in [0.4, 0.5) is 5.69 Å². The molecule has 0 aliphatic carbocycles.